The van der Waals surface area contributed by atoms with Crippen LogP contribution < -0.4 is 0 Å². The van der Waals surface area contributed by atoms with Crippen molar-refractivity contribution < 1.29 is 9.90 Å². The van der Waals surface area contributed by atoms with Crippen LogP contribution in [0.25, 0.3) is 0 Å². The molecule has 0 saturated heterocycles. The molecule has 3 heteroatoms. The first-order valence-corrected chi connectivity index (χ1v) is 5.04. The second kappa shape index (κ2) is 4.31. The minimum absolute atomic E-state index is 0.465. The van der Waals surface area contributed by atoms with Crippen molar-refractivity contribution in [1.82, 2.24) is 4.57 Å². The van der Waals surface area contributed by atoms with E-state index in [1.807, 2.05) is 24.5 Å². The van der Waals surface area contributed by atoms with Crippen LogP contribution in [0.4, 0.5) is 0 Å². The lowest BCUT2D eigenvalue weighted by molar-refractivity contribution is 0.0683. The fourth-order valence-corrected chi connectivity index (χ4v) is 1.78. The van der Waals surface area contributed by atoms with Gasteiger partial charge in [-0.2, -0.15) is 0 Å². The first-order valence-electron chi connectivity index (χ1n) is 5.04. The van der Waals surface area contributed by atoms with Crippen molar-refractivity contribution in [2.45, 2.75) is 40.2 Å². The third-order valence-electron chi connectivity index (χ3n) is 2.41. The highest BCUT2D eigenvalue weighted by atomic mass is 16.4. The van der Waals surface area contributed by atoms with Gasteiger partial charge in [-0.05, 0) is 31.4 Å². The van der Waals surface area contributed by atoms with Gasteiger partial charge in [0.1, 0.15) is 5.69 Å². The van der Waals surface area contributed by atoms with Crippen LogP contribution >= 0.6 is 0 Å². The smallest absolute Gasteiger partial charge is 0.352 e. The quantitative estimate of drug-likeness (QED) is 0.801. The molecule has 1 N–H and O–H groups in total. The first kappa shape index (κ1) is 10.8. The second-order valence-electron chi connectivity index (χ2n) is 3.47. The Morgan fingerprint density at radius 3 is 2.57 bits per heavy atom. The molecule has 14 heavy (non-hydrogen) atoms. The van der Waals surface area contributed by atoms with Crippen LogP contribution in [-0.2, 0) is 13.0 Å². The molecule has 1 aromatic rings. The molecule has 78 valence electrons. The number of nitrogens with zero attached hydrogens (tertiary/aromatic N) is 1. The first-order chi connectivity index (χ1) is 6.61. The molecule has 0 saturated carbocycles. The second-order valence-corrected chi connectivity index (χ2v) is 3.47. The number of aryl methyl sites for hydroxylation is 2. The Kier molecular flexibility index (Phi) is 3.33. The predicted molar refractivity (Wildman–Crippen MR) is 55.8 cm³/mol. The van der Waals surface area contributed by atoms with Crippen molar-refractivity contribution >= 4 is 5.97 Å². The molecule has 0 bridgehead atoms. The van der Waals surface area contributed by atoms with E-state index >= 15 is 0 Å². The molecule has 0 fully saturated rings. The van der Waals surface area contributed by atoms with Gasteiger partial charge in [0.15, 0.2) is 0 Å². The van der Waals surface area contributed by atoms with Crippen LogP contribution in [0, 0.1) is 6.92 Å². The highest BCUT2D eigenvalue weighted by molar-refractivity contribution is 5.88. The average Bonchev–Trinajstić information content (AvgIpc) is 2.44. The summed E-state index contributed by atoms with van der Waals surface area (Å²) in [6, 6.07) is 1.97. The lowest BCUT2D eigenvalue weighted by Crippen LogP contribution is -2.11. The molecule has 0 aliphatic carbocycles. The fraction of sp³-hybridized carbons (Fsp3) is 0.545. The summed E-state index contributed by atoms with van der Waals surface area (Å²) >= 11 is 0. The Bertz CT molecular complexity index is 339. The molecule has 0 unspecified atom stereocenters. The van der Waals surface area contributed by atoms with E-state index in [1.54, 1.807) is 0 Å². The van der Waals surface area contributed by atoms with E-state index in [0.717, 1.165) is 30.6 Å². The third-order valence-corrected chi connectivity index (χ3v) is 2.41. The van der Waals surface area contributed by atoms with Gasteiger partial charge in [-0.1, -0.05) is 13.8 Å². The zero-order chi connectivity index (χ0) is 10.7. The molecule has 0 aliphatic heterocycles. The Labute approximate surface area is 84.4 Å². The van der Waals surface area contributed by atoms with Crippen molar-refractivity contribution in [3.8, 4) is 0 Å². The molecule has 0 aliphatic rings. The molecule has 1 heterocycles. The van der Waals surface area contributed by atoms with Crippen LogP contribution in [0.15, 0.2) is 6.07 Å². The molecule has 0 radical (unpaired) electrons. The summed E-state index contributed by atoms with van der Waals surface area (Å²) in [6.45, 7) is 6.78. The maximum absolute atomic E-state index is 11.1. The minimum atomic E-state index is -0.816. The number of aromatic carboxylic acids is 1. The van der Waals surface area contributed by atoms with Gasteiger partial charge in [0.2, 0.25) is 0 Å². The summed E-state index contributed by atoms with van der Waals surface area (Å²) in [5.74, 6) is -0.816. The number of hydrogen-bond donors (Lipinski definition) is 1. The minimum Gasteiger partial charge on any atom is -0.477 e. The van der Waals surface area contributed by atoms with Crippen LogP contribution in [0.5, 0.6) is 0 Å². The largest absolute Gasteiger partial charge is 0.477 e. The van der Waals surface area contributed by atoms with Crippen LogP contribution in [0.1, 0.15) is 42.0 Å². The van der Waals surface area contributed by atoms with Crippen LogP contribution in [0.3, 0.4) is 0 Å². The molecule has 3 nitrogen and oxygen atoms in total. The standard InChI is InChI=1S/C11H17NO2/c1-4-6-12-8(3)7-9(5-2)10(12)11(13)14/h7H,4-6H2,1-3H3,(H,13,14). The number of carboxylic acids is 1. The topological polar surface area (TPSA) is 42.2 Å². The third kappa shape index (κ3) is 1.81. The van der Waals surface area contributed by atoms with Crippen molar-refractivity contribution in [1.29, 1.82) is 0 Å². The van der Waals surface area contributed by atoms with E-state index in [2.05, 4.69) is 6.92 Å². The molecular weight excluding hydrogens is 178 g/mol. The number of carboxylic acid groups (broad SMARTS) is 1. The number of aromatic nitrogens is 1. The van der Waals surface area contributed by atoms with E-state index in [0.29, 0.717) is 5.69 Å². The van der Waals surface area contributed by atoms with Gasteiger partial charge in [-0.25, -0.2) is 4.79 Å². The van der Waals surface area contributed by atoms with Crippen LogP contribution in [0.2, 0.25) is 0 Å². The zero-order valence-corrected chi connectivity index (χ0v) is 9.00. The van der Waals surface area contributed by atoms with E-state index in [9.17, 15) is 4.79 Å². The SMILES string of the molecule is CCCn1c(C)cc(CC)c1C(=O)O. The zero-order valence-electron chi connectivity index (χ0n) is 9.00. The summed E-state index contributed by atoms with van der Waals surface area (Å²) in [6.07, 6.45) is 1.73. The Morgan fingerprint density at radius 2 is 2.14 bits per heavy atom. The molecular formula is C11H17NO2. The lowest BCUT2D eigenvalue weighted by Gasteiger charge is -2.07. The highest BCUT2D eigenvalue weighted by Crippen LogP contribution is 2.17. The number of carbonyl (C=O) groups is 1. The number of rotatable bonds is 4. The average molecular weight is 195 g/mol. The normalized spacial score (nSPS) is 10.5. The predicted octanol–water partition coefficient (Wildman–Crippen LogP) is 2.47. The van der Waals surface area contributed by atoms with E-state index in [4.69, 9.17) is 5.11 Å². The van der Waals surface area contributed by atoms with Gasteiger partial charge in [0.25, 0.3) is 0 Å². The van der Waals surface area contributed by atoms with Crippen molar-refractivity contribution in [3.05, 3.63) is 23.0 Å². The number of hydrogen-bond acceptors (Lipinski definition) is 1. The maximum Gasteiger partial charge on any atom is 0.352 e. The Morgan fingerprint density at radius 1 is 1.50 bits per heavy atom. The fourth-order valence-electron chi connectivity index (χ4n) is 1.78. The van der Waals surface area contributed by atoms with E-state index in [1.165, 1.54) is 0 Å². The van der Waals surface area contributed by atoms with Gasteiger partial charge < -0.3 is 9.67 Å². The lowest BCUT2D eigenvalue weighted by atomic mass is 10.2. The molecule has 1 aromatic heterocycles. The summed E-state index contributed by atoms with van der Waals surface area (Å²) in [5, 5.41) is 9.10. The van der Waals surface area contributed by atoms with Crippen molar-refractivity contribution in [2.24, 2.45) is 0 Å². The van der Waals surface area contributed by atoms with Gasteiger partial charge in [0.05, 0.1) is 0 Å². The van der Waals surface area contributed by atoms with Gasteiger partial charge in [-0.3, -0.25) is 0 Å². The summed E-state index contributed by atoms with van der Waals surface area (Å²) < 4.78 is 1.89. The van der Waals surface area contributed by atoms with Crippen LogP contribution in [-0.4, -0.2) is 15.6 Å². The summed E-state index contributed by atoms with van der Waals surface area (Å²) in [4.78, 5) is 11.1. The van der Waals surface area contributed by atoms with Gasteiger partial charge in [0, 0.05) is 12.2 Å². The molecule has 1 rings (SSSR count). The monoisotopic (exact) mass is 195 g/mol. The summed E-state index contributed by atoms with van der Waals surface area (Å²) in [7, 11) is 0. The molecule has 0 spiro atoms. The van der Waals surface area contributed by atoms with Gasteiger partial charge in [-0.15, -0.1) is 0 Å². The van der Waals surface area contributed by atoms with E-state index in [-0.39, 0.29) is 0 Å². The highest BCUT2D eigenvalue weighted by Gasteiger charge is 2.16. The summed E-state index contributed by atoms with van der Waals surface area (Å²) in [5.41, 5.74) is 2.44. The van der Waals surface area contributed by atoms with Gasteiger partial charge >= 0.3 is 5.97 Å². The Balaban J connectivity index is 3.23. The molecule has 0 atom stereocenters. The molecule has 0 amide bonds. The van der Waals surface area contributed by atoms with Crippen molar-refractivity contribution in [2.75, 3.05) is 0 Å². The maximum atomic E-state index is 11.1. The van der Waals surface area contributed by atoms with E-state index < -0.39 is 5.97 Å². The van der Waals surface area contributed by atoms with Crippen molar-refractivity contribution in [3.63, 3.8) is 0 Å². The Hall–Kier alpha value is -1.25. The molecule has 0 aromatic carbocycles.